The Morgan fingerprint density at radius 3 is 2.75 bits per heavy atom. The van der Waals surface area contributed by atoms with Crippen molar-refractivity contribution in [2.45, 2.75) is 32.2 Å². The maximum Gasteiger partial charge on any atom is 0.306 e. The van der Waals surface area contributed by atoms with Crippen molar-refractivity contribution in [3.8, 4) is 0 Å². The summed E-state index contributed by atoms with van der Waals surface area (Å²) >= 11 is 4.40. The first-order valence-corrected chi connectivity index (χ1v) is 6.06. The van der Waals surface area contributed by atoms with Gasteiger partial charge in [-0.25, -0.2) is 0 Å². The lowest BCUT2D eigenvalue weighted by molar-refractivity contribution is -0.385. The standard InChI is InChI=1S/C10H15N3O2S/c14-13(15)9-5-11-12(6-9)7-10(8-16)3-1-2-4-10/h5-6,16H,1-4,7-8H2. The van der Waals surface area contributed by atoms with Crippen LogP contribution in [0, 0.1) is 15.5 Å². The van der Waals surface area contributed by atoms with E-state index in [1.165, 1.54) is 25.2 Å². The smallest absolute Gasteiger partial charge is 0.265 e. The third-order valence-corrected chi connectivity index (χ3v) is 4.00. The Bertz CT molecular complexity index is 385. The van der Waals surface area contributed by atoms with Gasteiger partial charge in [0.1, 0.15) is 12.4 Å². The predicted octanol–water partition coefficient (Wildman–Crippen LogP) is 2.28. The van der Waals surface area contributed by atoms with E-state index < -0.39 is 4.92 Å². The molecule has 0 unspecified atom stereocenters. The largest absolute Gasteiger partial charge is 0.306 e. The van der Waals surface area contributed by atoms with Crippen LogP contribution in [0.4, 0.5) is 5.69 Å². The van der Waals surface area contributed by atoms with E-state index in [1.807, 2.05) is 0 Å². The summed E-state index contributed by atoms with van der Waals surface area (Å²) in [5, 5.41) is 14.6. The van der Waals surface area contributed by atoms with Crippen LogP contribution < -0.4 is 0 Å². The molecule has 1 saturated carbocycles. The normalized spacial score (nSPS) is 18.8. The van der Waals surface area contributed by atoms with E-state index in [1.54, 1.807) is 4.68 Å². The molecule has 0 N–H and O–H groups in total. The van der Waals surface area contributed by atoms with E-state index in [-0.39, 0.29) is 11.1 Å². The molecule has 1 aromatic rings. The minimum atomic E-state index is -0.411. The van der Waals surface area contributed by atoms with Gasteiger partial charge in [0.2, 0.25) is 0 Å². The fraction of sp³-hybridized carbons (Fsp3) is 0.700. The molecule has 0 saturated heterocycles. The van der Waals surface area contributed by atoms with Crippen LogP contribution in [0.25, 0.3) is 0 Å². The summed E-state index contributed by atoms with van der Waals surface area (Å²) < 4.78 is 1.68. The van der Waals surface area contributed by atoms with Crippen molar-refractivity contribution >= 4 is 18.3 Å². The van der Waals surface area contributed by atoms with Gasteiger partial charge in [-0.15, -0.1) is 0 Å². The number of nitro groups is 1. The molecule has 0 radical (unpaired) electrons. The van der Waals surface area contributed by atoms with Crippen molar-refractivity contribution in [1.82, 2.24) is 9.78 Å². The highest BCUT2D eigenvalue weighted by Gasteiger charge is 2.33. The zero-order valence-electron chi connectivity index (χ0n) is 9.00. The van der Waals surface area contributed by atoms with Crippen LogP contribution in [0.3, 0.4) is 0 Å². The SMILES string of the molecule is O=[N+]([O-])c1cnn(CC2(CS)CCCC2)c1. The van der Waals surface area contributed by atoms with Gasteiger partial charge in [0.05, 0.1) is 4.92 Å². The van der Waals surface area contributed by atoms with E-state index in [9.17, 15) is 10.1 Å². The minimum Gasteiger partial charge on any atom is -0.265 e. The summed E-state index contributed by atoms with van der Waals surface area (Å²) in [4.78, 5) is 10.1. The predicted molar refractivity (Wildman–Crippen MR) is 63.6 cm³/mol. The molecule has 0 aromatic carbocycles. The lowest BCUT2D eigenvalue weighted by Crippen LogP contribution is -2.25. The lowest BCUT2D eigenvalue weighted by Gasteiger charge is -2.26. The van der Waals surface area contributed by atoms with Crippen molar-refractivity contribution in [2.75, 3.05) is 5.75 Å². The highest BCUT2D eigenvalue weighted by Crippen LogP contribution is 2.40. The average molecular weight is 241 g/mol. The summed E-state index contributed by atoms with van der Waals surface area (Å²) in [7, 11) is 0. The quantitative estimate of drug-likeness (QED) is 0.500. The molecule has 2 rings (SSSR count). The topological polar surface area (TPSA) is 61.0 Å². The van der Waals surface area contributed by atoms with Crippen LogP contribution in [0.2, 0.25) is 0 Å². The third kappa shape index (κ3) is 2.21. The number of rotatable bonds is 4. The number of aromatic nitrogens is 2. The van der Waals surface area contributed by atoms with E-state index in [0.29, 0.717) is 0 Å². The van der Waals surface area contributed by atoms with Gasteiger partial charge in [0.15, 0.2) is 0 Å². The van der Waals surface area contributed by atoms with Crippen LogP contribution in [0.1, 0.15) is 25.7 Å². The molecule has 16 heavy (non-hydrogen) atoms. The second kappa shape index (κ2) is 4.45. The van der Waals surface area contributed by atoms with Gasteiger partial charge in [0, 0.05) is 6.54 Å². The van der Waals surface area contributed by atoms with Gasteiger partial charge in [-0.3, -0.25) is 14.8 Å². The monoisotopic (exact) mass is 241 g/mol. The second-order valence-electron chi connectivity index (χ2n) is 4.52. The van der Waals surface area contributed by atoms with Crippen LogP contribution in [-0.2, 0) is 6.54 Å². The summed E-state index contributed by atoms with van der Waals surface area (Å²) in [6, 6.07) is 0. The first-order valence-electron chi connectivity index (χ1n) is 5.43. The Balaban J connectivity index is 2.10. The van der Waals surface area contributed by atoms with Crippen molar-refractivity contribution in [2.24, 2.45) is 5.41 Å². The molecule has 0 amide bonds. The molecule has 1 aromatic heterocycles. The van der Waals surface area contributed by atoms with E-state index in [4.69, 9.17) is 0 Å². The van der Waals surface area contributed by atoms with E-state index >= 15 is 0 Å². The zero-order chi connectivity index (χ0) is 11.6. The molecule has 0 aliphatic heterocycles. The Hall–Kier alpha value is -1.04. The van der Waals surface area contributed by atoms with E-state index in [2.05, 4.69) is 17.7 Å². The minimum absolute atomic E-state index is 0.0623. The van der Waals surface area contributed by atoms with Crippen LogP contribution in [0.5, 0.6) is 0 Å². The lowest BCUT2D eigenvalue weighted by atomic mass is 9.88. The summed E-state index contributed by atoms with van der Waals surface area (Å²) in [6.45, 7) is 0.740. The first kappa shape index (κ1) is 11.4. The molecule has 1 aliphatic carbocycles. The van der Waals surface area contributed by atoms with Gasteiger partial charge < -0.3 is 0 Å². The van der Waals surface area contributed by atoms with Crippen LogP contribution >= 0.6 is 12.6 Å². The summed E-state index contributed by atoms with van der Waals surface area (Å²) in [6.07, 6.45) is 7.55. The molecule has 5 nitrogen and oxygen atoms in total. The van der Waals surface area contributed by atoms with Crippen LogP contribution in [-0.4, -0.2) is 20.5 Å². The Labute approximate surface area is 99.4 Å². The van der Waals surface area contributed by atoms with Gasteiger partial charge in [-0.2, -0.15) is 17.7 Å². The summed E-state index contributed by atoms with van der Waals surface area (Å²) in [5.41, 5.74) is 0.246. The van der Waals surface area contributed by atoms with E-state index in [0.717, 1.165) is 25.1 Å². The highest BCUT2D eigenvalue weighted by atomic mass is 32.1. The van der Waals surface area contributed by atoms with Gasteiger partial charge in [-0.1, -0.05) is 12.8 Å². The Morgan fingerprint density at radius 2 is 2.25 bits per heavy atom. The molecule has 1 fully saturated rings. The van der Waals surface area contributed by atoms with Crippen molar-refractivity contribution in [3.63, 3.8) is 0 Å². The van der Waals surface area contributed by atoms with Gasteiger partial charge in [0.25, 0.3) is 0 Å². The van der Waals surface area contributed by atoms with Crippen LogP contribution in [0.15, 0.2) is 12.4 Å². The fourth-order valence-electron chi connectivity index (χ4n) is 2.37. The molecule has 88 valence electrons. The molecule has 0 atom stereocenters. The highest BCUT2D eigenvalue weighted by molar-refractivity contribution is 7.80. The van der Waals surface area contributed by atoms with Gasteiger partial charge in [-0.05, 0) is 24.0 Å². The number of hydrogen-bond donors (Lipinski definition) is 1. The van der Waals surface area contributed by atoms with Crippen molar-refractivity contribution in [3.05, 3.63) is 22.5 Å². The number of thiol groups is 1. The van der Waals surface area contributed by atoms with Crippen molar-refractivity contribution < 1.29 is 4.92 Å². The molecule has 0 bridgehead atoms. The molecular weight excluding hydrogens is 226 g/mol. The number of nitrogens with zero attached hydrogens (tertiary/aromatic N) is 3. The van der Waals surface area contributed by atoms with Crippen molar-refractivity contribution in [1.29, 1.82) is 0 Å². The number of hydrogen-bond acceptors (Lipinski definition) is 4. The summed E-state index contributed by atoms with van der Waals surface area (Å²) in [5.74, 6) is 0.820. The Kier molecular flexibility index (Phi) is 3.18. The molecule has 1 heterocycles. The average Bonchev–Trinajstić information content (AvgIpc) is 2.88. The molecule has 6 heteroatoms. The first-order chi connectivity index (χ1) is 7.65. The maximum absolute atomic E-state index is 10.5. The zero-order valence-corrected chi connectivity index (χ0v) is 9.90. The molecule has 1 aliphatic rings. The fourth-order valence-corrected chi connectivity index (χ4v) is 2.78. The third-order valence-electron chi connectivity index (χ3n) is 3.33. The molecular formula is C10H15N3O2S. The Morgan fingerprint density at radius 1 is 1.56 bits per heavy atom. The maximum atomic E-state index is 10.5. The van der Waals surface area contributed by atoms with Gasteiger partial charge >= 0.3 is 5.69 Å². The second-order valence-corrected chi connectivity index (χ2v) is 4.83. The molecule has 0 spiro atoms.